The van der Waals surface area contributed by atoms with E-state index in [4.69, 9.17) is 0 Å². The van der Waals surface area contributed by atoms with Crippen LogP contribution in [0, 0.1) is 6.92 Å². The summed E-state index contributed by atoms with van der Waals surface area (Å²) in [6.45, 7) is 5.37. The first-order valence-electron chi connectivity index (χ1n) is 5.44. The van der Waals surface area contributed by atoms with Gasteiger partial charge in [0.1, 0.15) is 0 Å². The van der Waals surface area contributed by atoms with E-state index in [2.05, 4.69) is 21.2 Å². The largest absolute Gasteiger partial charge is 0.336 e. The summed E-state index contributed by atoms with van der Waals surface area (Å²) < 4.78 is 0.964. The highest BCUT2D eigenvalue weighted by atomic mass is 79.9. The molecule has 2 rings (SSSR count). The average Bonchev–Trinajstić information content (AvgIpc) is 2.28. The molecule has 1 N–H and O–H groups in total. The SMILES string of the molecule is Cc1cc(Br)cc(C(=O)N2CCNCC2)c1. The van der Waals surface area contributed by atoms with Gasteiger partial charge in [-0.05, 0) is 30.7 Å². The van der Waals surface area contributed by atoms with Crippen molar-refractivity contribution in [2.24, 2.45) is 0 Å². The van der Waals surface area contributed by atoms with Crippen LogP contribution >= 0.6 is 15.9 Å². The Morgan fingerprint density at radius 2 is 2.00 bits per heavy atom. The summed E-state index contributed by atoms with van der Waals surface area (Å²) >= 11 is 3.42. The average molecular weight is 283 g/mol. The Morgan fingerprint density at radius 3 is 2.62 bits per heavy atom. The fourth-order valence-corrected chi connectivity index (χ4v) is 2.52. The van der Waals surface area contributed by atoms with E-state index in [9.17, 15) is 4.79 Å². The predicted octanol–water partition coefficient (Wildman–Crippen LogP) is 1.80. The van der Waals surface area contributed by atoms with Crippen LogP contribution in [0.25, 0.3) is 0 Å². The van der Waals surface area contributed by atoms with Crippen molar-refractivity contribution < 1.29 is 4.79 Å². The normalized spacial score (nSPS) is 16.2. The summed E-state index contributed by atoms with van der Waals surface area (Å²) in [6.07, 6.45) is 0. The number of rotatable bonds is 1. The van der Waals surface area contributed by atoms with Gasteiger partial charge in [-0.3, -0.25) is 4.79 Å². The zero-order valence-corrected chi connectivity index (χ0v) is 10.9. The van der Waals surface area contributed by atoms with Crippen LogP contribution in [0.4, 0.5) is 0 Å². The number of halogens is 1. The third-order valence-electron chi connectivity index (χ3n) is 2.69. The summed E-state index contributed by atoms with van der Waals surface area (Å²) in [4.78, 5) is 14.1. The van der Waals surface area contributed by atoms with Gasteiger partial charge in [-0.1, -0.05) is 15.9 Å². The van der Waals surface area contributed by atoms with E-state index in [1.807, 2.05) is 30.0 Å². The lowest BCUT2D eigenvalue weighted by Crippen LogP contribution is -2.46. The molecular weight excluding hydrogens is 268 g/mol. The third-order valence-corrected chi connectivity index (χ3v) is 3.15. The van der Waals surface area contributed by atoms with Crippen molar-refractivity contribution in [2.75, 3.05) is 26.2 Å². The lowest BCUT2D eigenvalue weighted by molar-refractivity contribution is 0.0735. The van der Waals surface area contributed by atoms with Crippen LogP contribution in [0.3, 0.4) is 0 Å². The van der Waals surface area contributed by atoms with Gasteiger partial charge in [0.15, 0.2) is 0 Å². The van der Waals surface area contributed by atoms with Crippen LogP contribution in [-0.4, -0.2) is 37.0 Å². The van der Waals surface area contributed by atoms with Gasteiger partial charge in [0, 0.05) is 36.2 Å². The van der Waals surface area contributed by atoms with Crippen molar-refractivity contribution in [2.45, 2.75) is 6.92 Å². The fourth-order valence-electron chi connectivity index (χ4n) is 1.91. The number of nitrogens with one attached hydrogen (secondary N) is 1. The second kappa shape index (κ2) is 4.97. The molecule has 1 saturated heterocycles. The number of piperazine rings is 1. The number of benzene rings is 1. The molecule has 0 bridgehead atoms. The molecule has 1 heterocycles. The minimum absolute atomic E-state index is 0.130. The number of carbonyl (C=O) groups is 1. The van der Waals surface area contributed by atoms with Crippen LogP contribution in [0.15, 0.2) is 22.7 Å². The maximum Gasteiger partial charge on any atom is 0.253 e. The van der Waals surface area contributed by atoms with Gasteiger partial charge in [-0.25, -0.2) is 0 Å². The molecule has 0 aliphatic carbocycles. The number of aryl methyl sites for hydroxylation is 1. The van der Waals surface area contributed by atoms with Gasteiger partial charge in [0.25, 0.3) is 5.91 Å². The molecule has 0 atom stereocenters. The van der Waals surface area contributed by atoms with Crippen LogP contribution in [0.2, 0.25) is 0 Å². The Bertz CT molecular complexity index is 380. The quantitative estimate of drug-likeness (QED) is 0.852. The molecule has 0 saturated carbocycles. The molecule has 86 valence electrons. The van der Waals surface area contributed by atoms with Gasteiger partial charge >= 0.3 is 0 Å². The molecule has 3 nitrogen and oxygen atoms in total. The van der Waals surface area contributed by atoms with Crippen molar-refractivity contribution in [3.05, 3.63) is 33.8 Å². The van der Waals surface area contributed by atoms with E-state index in [-0.39, 0.29) is 5.91 Å². The molecular formula is C12H15BrN2O. The Hall–Kier alpha value is -0.870. The molecule has 1 aromatic rings. The minimum Gasteiger partial charge on any atom is -0.336 e. The number of amides is 1. The zero-order valence-electron chi connectivity index (χ0n) is 9.29. The fraction of sp³-hybridized carbons (Fsp3) is 0.417. The highest BCUT2D eigenvalue weighted by Crippen LogP contribution is 2.17. The molecule has 1 amide bonds. The summed E-state index contributed by atoms with van der Waals surface area (Å²) in [5, 5.41) is 3.24. The van der Waals surface area contributed by atoms with Crippen molar-refractivity contribution in [1.29, 1.82) is 0 Å². The highest BCUT2D eigenvalue weighted by molar-refractivity contribution is 9.10. The number of nitrogens with zero attached hydrogens (tertiary/aromatic N) is 1. The second-order valence-corrected chi connectivity index (χ2v) is 4.98. The van der Waals surface area contributed by atoms with E-state index in [1.54, 1.807) is 0 Å². The summed E-state index contributed by atoms with van der Waals surface area (Å²) in [5.74, 6) is 0.130. The van der Waals surface area contributed by atoms with E-state index in [1.165, 1.54) is 0 Å². The molecule has 4 heteroatoms. The molecule has 1 aliphatic heterocycles. The molecule has 0 aromatic heterocycles. The maximum atomic E-state index is 12.2. The first kappa shape index (κ1) is 11.6. The van der Waals surface area contributed by atoms with Crippen LogP contribution in [0.1, 0.15) is 15.9 Å². The van der Waals surface area contributed by atoms with Crippen molar-refractivity contribution in [3.63, 3.8) is 0 Å². The topological polar surface area (TPSA) is 32.3 Å². The monoisotopic (exact) mass is 282 g/mol. The lowest BCUT2D eigenvalue weighted by atomic mass is 10.1. The third kappa shape index (κ3) is 2.62. The van der Waals surface area contributed by atoms with Crippen molar-refractivity contribution in [1.82, 2.24) is 10.2 Å². The first-order valence-corrected chi connectivity index (χ1v) is 6.23. The smallest absolute Gasteiger partial charge is 0.253 e. The van der Waals surface area contributed by atoms with E-state index < -0.39 is 0 Å². The van der Waals surface area contributed by atoms with E-state index in [0.717, 1.165) is 41.8 Å². The lowest BCUT2D eigenvalue weighted by Gasteiger charge is -2.27. The molecule has 0 spiro atoms. The molecule has 0 radical (unpaired) electrons. The Balaban J connectivity index is 2.19. The molecule has 0 unspecified atom stereocenters. The van der Waals surface area contributed by atoms with Gasteiger partial charge < -0.3 is 10.2 Å². The molecule has 1 fully saturated rings. The van der Waals surface area contributed by atoms with Crippen LogP contribution < -0.4 is 5.32 Å². The van der Waals surface area contributed by atoms with E-state index >= 15 is 0 Å². The van der Waals surface area contributed by atoms with E-state index in [0.29, 0.717) is 0 Å². The molecule has 1 aliphatic rings. The van der Waals surface area contributed by atoms with Gasteiger partial charge in [0.2, 0.25) is 0 Å². The number of hydrogen-bond acceptors (Lipinski definition) is 2. The van der Waals surface area contributed by atoms with Gasteiger partial charge in [-0.15, -0.1) is 0 Å². The second-order valence-electron chi connectivity index (χ2n) is 4.06. The Labute approximate surface area is 104 Å². The first-order chi connectivity index (χ1) is 7.66. The van der Waals surface area contributed by atoms with Gasteiger partial charge in [-0.2, -0.15) is 0 Å². The standard InChI is InChI=1S/C12H15BrN2O/c1-9-6-10(8-11(13)7-9)12(16)15-4-2-14-3-5-15/h6-8,14H,2-5H2,1H3. The maximum absolute atomic E-state index is 12.2. The van der Waals surface area contributed by atoms with Crippen molar-refractivity contribution >= 4 is 21.8 Å². The Kier molecular flexibility index (Phi) is 3.61. The molecule has 1 aromatic carbocycles. The minimum atomic E-state index is 0.130. The summed E-state index contributed by atoms with van der Waals surface area (Å²) in [5.41, 5.74) is 1.88. The molecule has 16 heavy (non-hydrogen) atoms. The van der Waals surface area contributed by atoms with Crippen molar-refractivity contribution in [3.8, 4) is 0 Å². The van der Waals surface area contributed by atoms with Crippen LogP contribution in [0.5, 0.6) is 0 Å². The number of hydrogen-bond donors (Lipinski definition) is 1. The number of carbonyl (C=O) groups excluding carboxylic acids is 1. The zero-order chi connectivity index (χ0) is 11.5. The Morgan fingerprint density at radius 1 is 1.31 bits per heavy atom. The predicted molar refractivity (Wildman–Crippen MR) is 67.7 cm³/mol. The van der Waals surface area contributed by atoms with Gasteiger partial charge in [0.05, 0.1) is 0 Å². The summed E-state index contributed by atoms with van der Waals surface area (Å²) in [6, 6.07) is 5.83. The summed E-state index contributed by atoms with van der Waals surface area (Å²) in [7, 11) is 0. The highest BCUT2D eigenvalue weighted by Gasteiger charge is 2.18. The van der Waals surface area contributed by atoms with Crippen LogP contribution in [-0.2, 0) is 0 Å².